The van der Waals surface area contributed by atoms with Crippen molar-refractivity contribution in [2.24, 2.45) is 0 Å². The molecule has 0 aromatic heterocycles. The number of hydrogen-bond donors (Lipinski definition) is 1. The van der Waals surface area contributed by atoms with Crippen LogP contribution in [0.2, 0.25) is 0 Å². The first-order chi connectivity index (χ1) is 12.8. The minimum Gasteiger partial charge on any atom is -0.319 e. The van der Waals surface area contributed by atoms with E-state index in [0.717, 1.165) is 27.8 Å². The number of benzene rings is 2. The molecule has 1 heterocycles. The summed E-state index contributed by atoms with van der Waals surface area (Å²) in [5.41, 5.74) is 1.12. The van der Waals surface area contributed by atoms with E-state index in [2.05, 4.69) is 28.2 Å². The van der Waals surface area contributed by atoms with E-state index >= 15 is 0 Å². The molecule has 5 nitrogen and oxygen atoms in total. The lowest BCUT2D eigenvalue weighted by Gasteiger charge is -2.22. The first-order valence-corrected chi connectivity index (χ1v) is 9.66. The summed E-state index contributed by atoms with van der Waals surface area (Å²) < 4.78 is 0.810. The maximum atomic E-state index is 12.9. The van der Waals surface area contributed by atoms with Crippen LogP contribution in [0.3, 0.4) is 0 Å². The van der Waals surface area contributed by atoms with Crippen LogP contribution in [-0.4, -0.2) is 29.2 Å². The predicted molar refractivity (Wildman–Crippen MR) is 107 cm³/mol. The molecular weight excluding hydrogens is 408 g/mol. The SMILES string of the molecule is CCCc1ccc(C(=O)CN2C(=O)NC(C)(c3cccc(Br)c3)C2=O)cc1. The van der Waals surface area contributed by atoms with Crippen LogP contribution in [0.5, 0.6) is 0 Å². The van der Waals surface area contributed by atoms with Gasteiger partial charge in [0.05, 0.1) is 6.54 Å². The Morgan fingerprint density at radius 3 is 2.48 bits per heavy atom. The molecule has 6 heteroatoms. The molecule has 2 aromatic carbocycles. The summed E-state index contributed by atoms with van der Waals surface area (Å²) in [4.78, 5) is 38.9. The number of nitrogens with zero attached hydrogens (tertiary/aromatic N) is 1. The van der Waals surface area contributed by atoms with Crippen LogP contribution < -0.4 is 5.32 Å². The molecule has 0 bridgehead atoms. The zero-order chi connectivity index (χ0) is 19.6. The Bertz CT molecular complexity index is 895. The van der Waals surface area contributed by atoms with E-state index in [0.29, 0.717) is 11.1 Å². The molecule has 3 amide bonds. The van der Waals surface area contributed by atoms with Gasteiger partial charge in [-0.2, -0.15) is 0 Å². The number of rotatable bonds is 6. The van der Waals surface area contributed by atoms with Crippen molar-refractivity contribution in [1.29, 1.82) is 0 Å². The molecule has 1 aliphatic rings. The van der Waals surface area contributed by atoms with Gasteiger partial charge >= 0.3 is 6.03 Å². The maximum absolute atomic E-state index is 12.9. The summed E-state index contributed by atoms with van der Waals surface area (Å²) in [5.74, 6) is -0.693. The van der Waals surface area contributed by atoms with Gasteiger partial charge in [0.15, 0.2) is 5.78 Å². The van der Waals surface area contributed by atoms with Gasteiger partial charge in [0, 0.05) is 10.0 Å². The number of urea groups is 1. The zero-order valence-corrected chi connectivity index (χ0v) is 16.9. The fourth-order valence-electron chi connectivity index (χ4n) is 3.22. The first kappa shape index (κ1) is 19.3. The number of aryl methyl sites for hydroxylation is 1. The Morgan fingerprint density at radius 2 is 1.85 bits per heavy atom. The van der Waals surface area contributed by atoms with Crippen molar-refractivity contribution in [1.82, 2.24) is 10.2 Å². The number of ketones is 1. The van der Waals surface area contributed by atoms with Crippen LogP contribution >= 0.6 is 15.9 Å². The minimum absolute atomic E-state index is 0.264. The highest BCUT2D eigenvalue weighted by atomic mass is 79.9. The summed E-state index contributed by atoms with van der Waals surface area (Å²) in [7, 11) is 0. The topological polar surface area (TPSA) is 66.5 Å². The summed E-state index contributed by atoms with van der Waals surface area (Å²) >= 11 is 3.38. The number of imide groups is 1. The van der Waals surface area contributed by atoms with E-state index in [-0.39, 0.29) is 12.3 Å². The molecule has 1 fully saturated rings. The Balaban J connectivity index is 1.78. The van der Waals surface area contributed by atoms with E-state index < -0.39 is 17.5 Å². The standard InChI is InChI=1S/C21H21BrN2O3/c1-3-5-14-8-10-15(11-9-14)18(25)13-24-19(26)21(2,23-20(24)27)16-6-4-7-17(22)12-16/h4,6-12H,3,5,13H2,1-2H3,(H,23,27). The van der Waals surface area contributed by atoms with Crippen molar-refractivity contribution >= 4 is 33.7 Å². The summed E-state index contributed by atoms with van der Waals surface area (Å²) in [6.07, 6.45) is 1.98. The van der Waals surface area contributed by atoms with Crippen molar-refractivity contribution < 1.29 is 14.4 Å². The van der Waals surface area contributed by atoms with Crippen LogP contribution in [0.1, 0.15) is 41.8 Å². The normalized spacial score (nSPS) is 19.3. The Hall–Kier alpha value is -2.47. The average Bonchev–Trinajstić information content (AvgIpc) is 2.87. The molecule has 0 spiro atoms. The highest BCUT2D eigenvalue weighted by Gasteiger charge is 2.49. The Morgan fingerprint density at radius 1 is 1.15 bits per heavy atom. The van der Waals surface area contributed by atoms with Crippen LogP contribution in [0, 0.1) is 0 Å². The van der Waals surface area contributed by atoms with E-state index in [1.807, 2.05) is 18.2 Å². The summed E-state index contributed by atoms with van der Waals surface area (Å²) in [6, 6.07) is 14.0. The molecular formula is C21H21BrN2O3. The lowest BCUT2D eigenvalue weighted by Crippen LogP contribution is -2.41. The fourth-order valence-corrected chi connectivity index (χ4v) is 3.62. The lowest BCUT2D eigenvalue weighted by atomic mass is 9.92. The van der Waals surface area contributed by atoms with Gasteiger partial charge < -0.3 is 5.32 Å². The molecule has 140 valence electrons. The highest BCUT2D eigenvalue weighted by molar-refractivity contribution is 9.10. The molecule has 1 saturated heterocycles. The second-order valence-corrected chi connectivity index (χ2v) is 7.74. The molecule has 2 aromatic rings. The van der Waals surface area contributed by atoms with E-state index in [9.17, 15) is 14.4 Å². The van der Waals surface area contributed by atoms with E-state index in [1.54, 1.807) is 37.3 Å². The number of hydrogen-bond acceptors (Lipinski definition) is 3. The third-order valence-corrected chi connectivity index (χ3v) is 5.29. The number of carbonyl (C=O) groups excluding carboxylic acids is 3. The molecule has 1 atom stereocenters. The molecule has 1 N–H and O–H groups in total. The molecule has 0 aliphatic carbocycles. The van der Waals surface area contributed by atoms with Crippen LogP contribution in [0.4, 0.5) is 4.79 Å². The molecule has 27 heavy (non-hydrogen) atoms. The minimum atomic E-state index is -1.19. The van der Waals surface area contributed by atoms with Crippen molar-refractivity contribution in [2.75, 3.05) is 6.54 Å². The van der Waals surface area contributed by atoms with Gasteiger partial charge in [0.1, 0.15) is 5.54 Å². The summed E-state index contributed by atoms with van der Waals surface area (Å²) in [5, 5.41) is 2.72. The Labute approximate surface area is 166 Å². The van der Waals surface area contributed by atoms with Crippen molar-refractivity contribution in [3.8, 4) is 0 Å². The Kier molecular flexibility index (Phi) is 5.46. The number of nitrogens with one attached hydrogen (secondary N) is 1. The molecule has 1 unspecified atom stereocenters. The fraction of sp³-hybridized carbons (Fsp3) is 0.286. The van der Waals surface area contributed by atoms with Crippen molar-refractivity contribution in [2.45, 2.75) is 32.2 Å². The van der Waals surface area contributed by atoms with E-state index in [1.165, 1.54) is 0 Å². The number of amides is 3. The van der Waals surface area contributed by atoms with Gasteiger partial charge in [-0.25, -0.2) is 4.79 Å². The van der Waals surface area contributed by atoms with Gasteiger partial charge in [-0.1, -0.05) is 65.7 Å². The maximum Gasteiger partial charge on any atom is 0.325 e. The van der Waals surface area contributed by atoms with Crippen LogP contribution in [-0.2, 0) is 16.8 Å². The van der Waals surface area contributed by atoms with Crippen LogP contribution in [0.25, 0.3) is 0 Å². The second-order valence-electron chi connectivity index (χ2n) is 6.83. The number of halogens is 1. The second kappa shape index (κ2) is 7.64. The summed E-state index contributed by atoms with van der Waals surface area (Å²) in [6.45, 7) is 3.47. The average molecular weight is 429 g/mol. The van der Waals surface area contributed by atoms with Gasteiger partial charge in [0.25, 0.3) is 5.91 Å². The smallest absolute Gasteiger partial charge is 0.319 e. The van der Waals surface area contributed by atoms with Gasteiger partial charge in [-0.3, -0.25) is 14.5 Å². The van der Waals surface area contributed by atoms with Crippen molar-refractivity contribution in [3.63, 3.8) is 0 Å². The third kappa shape index (κ3) is 3.81. The van der Waals surface area contributed by atoms with Gasteiger partial charge in [-0.05, 0) is 36.6 Å². The quantitative estimate of drug-likeness (QED) is 0.557. The van der Waals surface area contributed by atoms with Gasteiger partial charge in [0.2, 0.25) is 0 Å². The molecule has 1 aliphatic heterocycles. The monoisotopic (exact) mass is 428 g/mol. The third-order valence-electron chi connectivity index (χ3n) is 4.79. The number of carbonyl (C=O) groups is 3. The van der Waals surface area contributed by atoms with Gasteiger partial charge in [-0.15, -0.1) is 0 Å². The van der Waals surface area contributed by atoms with Crippen molar-refractivity contribution in [3.05, 3.63) is 69.7 Å². The number of Topliss-reactive ketones (excluding diaryl/α,β-unsaturated/α-hetero) is 1. The van der Waals surface area contributed by atoms with E-state index in [4.69, 9.17) is 0 Å². The highest BCUT2D eigenvalue weighted by Crippen LogP contribution is 2.30. The van der Waals surface area contributed by atoms with Crippen LogP contribution in [0.15, 0.2) is 53.0 Å². The molecule has 3 rings (SSSR count). The molecule has 0 saturated carbocycles. The first-order valence-electron chi connectivity index (χ1n) is 8.87. The predicted octanol–water partition coefficient (Wildman–Crippen LogP) is 4.05. The molecule has 0 radical (unpaired) electrons. The largest absolute Gasteiger partial charge is 0.325 e. The lowest BCUT2D eigenvalue weighted by molar-refractivity contribution is -0.130. The zero-order valence-electron chi connectivity index (χ0n) is 15.3.